The average molecular weight is 221 g/mol. The number of aryl methyl sites for hydroxylation is 2. The van der Waals surface area contributed by atoms with Crippen LogP contribution in [0.5, 0.6) is 5.88 Å². The lowest BCUT2D eigenvalue weighted by Crippen LogP contribution is -2.37. The highest BCUT2D eigenvalue weighted by atomic mass is 16.5. The van der Waals surface area contributed by atoms with Crippen LogP contribution in [-0.2, 0) is 6.42 Å². The lowest BCUT2D eigenvalue weighted by Gasteiger charge is -2.23. The van der Waals surface area contributed by atoms with Crippen molar-refractivity contribution in [3.05, 3.63) is 17.6 Å². The van der Waals surface area contributed by atoms with E-state index >= 15 is 0 Å². The molecule has 1 aromatic heterocycles. The summed E-state index contributed by atoms with van der Waals surface area (Å²) in [7, 11) is 0. The molecule has 2 rings (SSSR count). The normalized spacial score (nSPS) is 20.8. The molecule has 16 heavy (non-hydrogen) atoms. The highest BCUT2D eigenvalue weighted by Crippen LogP contribution is 2.14. The topological polar surface area (TPSA) is 47.0 Å². The van der Waals surface area contributed by atoms with E-state index in [0.29, 0.717) is 0 Å². The minimum atomic E-state index is 0.257. The Morgan fingerprint density at radius 3 is 3.06 bits per heavy atom. The van der Waals surface area contributed by atoms with Crippen molar-refractivity contribution in [2.75, 3.05) is 13.1 Å². The summed E-state index contributed by atoms with van der Waals surface area (Å²) in [5.41, 5.74) is 1.05. The Morgan fingerprint density at radius 2 is 2.38 bits per heavy atom. The Morgan fingerprint density at radius 1 is 1.50 bits per heavy atom. The van der Waals surface area contributed by atoms with Crippen molar-refractivity contribution >= 4 is 0 Å². The van der Waals surface area contributed by atoms with Crippen molar-refractivity contribution in [1.29, 1.82) is 0 Å². The number of aromatic nitrogens is 2. The fourth-order valence-corrected chi connectivity index (χ4v) is 1.93. The van der Waals surface area contributed by atoms with Crippen molar-refractivity contribution < 1.29 is 4.74 Å². The number of nitrogens with one attached hydrogen (secondary N) is 1. The van der Waals surface area contributed by atoms with Gasteiger partial charge in [0.15, 0.2) is 0 Å². The minimum Gasteiger partial charge on any atom is -0.473 e. The van der Waals surface area contributed by atoms with Gasteiger partial charge in [0.2, 0.25) is 5.88 Å². The maximum atomic E-state index is 5.86. The van der Waals surface area contributed by atoms with Crippen LogP contribution < -0.4 is 10.1 Å². The second-order valence-electron chi connectivity index (χ2n) is 4.18. The number of ether oxygens (including phenoxy) is 1. The van der Waals surface area contributed by atoms with Gasteiger partial charge in [-0.25, -0.2) is 4.98 Å². The van der Waals surface area contributed by atoms with Crippen LogP contribution in [0.3, 0.4) is 0 Å². The lowest BCUT2D eigenvalue weighted by atomic mass is 10.1. The van der Waals surface area contributed by atoms with Crippen molar-refractivity contribution in [3.63, 3.8) is 0 Å². The van der Waals surface area contributed by atoms with Gasteiger partial charge in [-0.3, -0.25) is 0 Å². The Bertz CT molecular complexity index is 348. The third-order valence-electron chi connectivity index (χ3n) is 2.77. The second-order valence-corrected chi connectivity index (χ2v) is 4.18. The summed E-state index contributed by atoms with van der Waals surface area (Å²) in [5.74, 6) is 1.51. The molecule has 0 aliphatic carbocycles. The van der Waals surface area contributed by atoms with Gasteiger partial charge in [0, 0.05) is 18.3 Å². The number of nitrogens with zero attached hydrogens (tertiary/aromatic N) is 2. The van der Waals surface area contributed by atoms with E-state index in [2.05, 4.69) is 22.2 Å². The zero-order valence-electron chi connectivity index (χ0n) is 9.99. The summed E-state index contributed by atoms with van der Waals surface area (Å²) in [4.78, 5) is 8.65. The highest BCUT2D eigenvalue weighted by molar-refractivity contribution is 5.16. The molecular weight excluding hydrogens is 202 g/mol. The van der Waals surface area contributed by atoms with Crippen molar-refractivity contribution in [1.82, 2.24) is 15.3 Å². The third-order valence-corrected chi connectivity index (χ3v) is 2.77. The van der Waals surface area contributed by atoms with Gasteiger partial charge in [-0.2, -0.15) is 4.98 Å². The van der Waals surface area contributed by atoms with Crippen LogP contribution in [0.1, 0.15) is 31.3 Å². The summed E-state index contributed by atoms with van der Waals surface area (Å²) in [6.45, 7) is 6.02. The molecule has 1 aliphatic heterocycles. The molecule has 1 unspecified atom stereocenters. The van der Waals surface area contributed by atoms with E-state index in [1.807, 2.05) is 13.0 Å². The highest BCUT2D eigenvalue weighted by Gasteiger charge is 2.15. The van der Waals surface area contributed by atoms with E-state index in [4.69, 9.17) is 4.74 Å². The minimum absolute atomic E-state index is 0.257. The van der Waals surface area contributed by atoms with Crippen LogP contribution in [0.15, 0.2) is 6.07 Å². The first kappa shape index (κ1) is 11.3. The van der Waals surface area contributed by atoms with E-state index < -0.39 is 0 Å². The fourth-order valence-electron chi connectivity index (χ4n) is 1.93. The molecule has 1 N–H and O–H groups in total. The predicted octanol–water partition coefficient (Wildman–Crippen LogP) is 1.48. The molecule has 2 heterocycles. The van der Waals surface area contributed by atoms with Gasteiger partial charge in [0.25, 0.3) is 0 Å². The molecule has 0 saturated carbocycles. The lowest BCUT2D eigenvalue weighted by molar-refractivity contribution is 0.160. The molecule has 1 aromatic rings. The molecule has 0 amide bonds. The Balaban J connectivity index is 2.04. The van der Waals surface area contributed by atoms with Crippen LogP contribution in [0.2, 0.25) is 0 Å². The molecule has 1 aliphatic rings. The predicted molar refractivity (Wildman–Crippen MR) is 62.7 cm³/mol. The summed E-state index contributed by atoms with van der Waals surface area (Å²) >= 11 is 0. The first-order valence-corrected chi connectivity index (χ1v) is 6.00. The maximum absolute atomic E-state index is 5.86. The van der Waals surface area contributed by atoms with Gasteiger partial charge in [-0.1, -0.05) is 6.92 Å². The molecule has 88 valence electrons. The van der Waals surface area contributed by atoms with Crippen molar-refractivity contribution in [2.45, 2.75) is 39.2 Å². The Hall–Kier alpha value is -1.16. The van der Waals surface area contributed by atoms with Crippen LogP contribution in [-0.4, -0.2) is 29.2 Å². The number of hydrogen-bond donors (Lipinski definition) is 1. The zero-order chi connectivity index (χ0) is 11.4. The molecule has 0 bridgehead atoms. The van der Waals surface area contributed by atoms with Crippen LogP contribution in [0.4, 0.5) is 0 Å². The SMILES string of the molecule is CCc1cc(OC2CCCNC2)nc(C)n1. The second kappa shape index (κ2) is 5.25. The van der Waals surface area contributed by atoms with Gasteiger partial charge < -0.3 is 10.1 Å². The fraction of sp³-hybridized carbons (Fsp3) is 0.667. The smallest absolute Gasteiger partial charge is 0.217 e. The van der Waals surface area contributed by atoms with Crippen molar-refractivity contribution in [2.24, 2.45) is 0 Å². The monoisotopic (exact) mass is 221 g/mol. The molecule has 0 radical (unpaired) electrons. The van der Waals surface area contributed by atoms with E-state index in [0.717, 1.165) is 43.3 Å². The molecular formula is C12H19N3O. The van der Waals surface area contributed by atoms with Gasteiger partial charge in [-0.15, -0.1) is 0 Å². The molecule has 1 saturated heterocycles. The molecule has 4 heteroatoms. The molecule has 1 atom stereocenters. The van der Waals surface area contributed by atoms with E-state index in [1.54, 1.807) is 0 Å². The molecule has 1 fully saturated rings. The number of rotatable bonds is 3. The van der Waals surface area contributed by atoms with Crippen LogP contribution in [0.25, 0.3) is 0 Å². The molecule has 0 aromatic carbocycles. The summed E-state index contributed by atoms with van der Waals surface area (Å²) < 4.78 is 5.86. The summed E-state index contributed by atoms with van der Waals surface area (Å²) in [6.07, 6.45) is 3.46. The zero-order valence-corrected chi connectivity index (χ0v) is 9.99. The largest absolute Gasteiger partial charge is 0.473 e. The van der Waals surface area contributed by atoms with Gasteiger partial charge in [0.05, 0.1) is 0 Å². The quantitative estimate of drug-likeness (QED) is 0.839. The number of piperidine rings is 1. The van der Waals surface area contributed by atoms with E-state index in [-0.39, 0.29) is 6.10 Å². The van der Waals surface area contributed by atoms with Crippen molar-refractivity contribution in [3.8, 4) is 5.88 Å². The molecule has 4 nitrogen and oxygen atoms in total. The Labute approximate surface area is 96.4 Å². The third kappa shape index (κ3) is 2.92. The van der Waals surface area contributed by atoms with Gasteiger partial charge in [0.1, 0.15) is 11.9 Å². The Kier molecular flexibility index (Phi) is 3.72. The molecule has 0 spiro atoms. The van der Waals surface area contributed by atoms with E-state index in [9.17, 15) is 0 Å². The van der Waals surface area contributed by atoms with Gasteiger partial charge >= 0.3 is 0 Å². The van der Waals surface area contributed by atoms with Gasteiger partial charge in [-0.05, 0) is 32.7 Å². The number of hydrogen-bond acceptors (Lipinski definition) is 4. The summed E-state index contributed by atoms with van der Waals surface area (Å²) in [6, 6.07) is 1.95. The maximum Gasteiger partial charge on any atom is 0.217 e. The first-order chi connectivity index (χ1) is 7.78. The standard InChI is InChI=1S/C12H19N3O/c1-3-10-7-12(15-9(2)14-10)16-11-5-4-6-13-8-11/h7,11,13H,3-6,8H2,1-2H3. The van der Waals surface area contributed by atoms with Crippen LogP contribution >= 0.6 is 0 Å². The first-order valence-electron chi connectivity index (χ1n) is 6.00. The van der Waals surface area contributed by atoms with E-state index in [1.165, 1.54) is 6.42 Å². The summed E-state index contributed by atoms with van der Waals surface area (Å²) in [5, 5.41) is 3.33. The average Bonchev–Trinajstić information content (AvgIpc) is 2.29. The van der Waals surface area contributed by atoms with Crippen LogP contribution in [0, 0.1) is 6.92 Å².